The summed E-state index contributed by atoms with van der Waals surface area (Å²) in [7, 11) is 0. The first-order valence-corrected chi connectivity index (χ1v) is 6.75. The van der Waals surface area contributed by atoms with Gasteiger partial charge in [0.2, 0.25) is 0 Å². The first-order chi connectivity index (χ1) is 8.08. The maximum Gasteiger partial charge on any atom is 0.253 e. The number of nitrogens with two attached hydrogens (primary N) is 1. The summed E-state index contributed by atoms with van der Waals surface area (Å²) >= 11 is 9.29. The van der Waals surface area contributed by atoms with Gasteiger partial charge in [-0.2, -0.15) is 0 Å². The molecule has 2 N–H and O–H groups in total. The van der Waals surface area contributed by atoms with E-state index in [1.165, 1.54) is 0 Å². The number of halogens is 3. The van der Waals surface area contributed by atoms with Crippen molar-refractivity contribution in [3.05, 3.63) is 33.3 Å². The summed E-state index contributed by atoms with van der Waals surface area (Å²) in [6, 6.07) is 5.35. The third-order valence-corrected chi connectivity index (χ3v) is 4.14. The minimum atomic E-state index is 0. The van der Waals surface area contributed by atoms with E-state index in [4.69, 9.17) is 17.3 Å². The maximum atomic E-state index is 12.2. The van der Waals surface area contributed by atoms with E-state index < -0.39 is 0 Å². The Morgan fingerprint density at radius 2 is 2.22 bits per heavy atom. The summed E-state index contributed by atoms with van der Waals surface area (Å²) in [5.74, 6) is 0.00884. The Balaban J connectivity index is 0.00000162. The highest BCUT2D eigenvalue weighted by Crippen LogP contribution is 2.24. The van der Waals surface area contributed by atoms with Gasteiger partial charge in [0.25, 0.3) is 5.91 Å². The van der Waals surface area contributed by atoms with Gasteiger partial charge in [0.15, 0.2) is 0 Å². The Kier molecular flexibility index (Phi) is 5.92. The predicted molar refractivity (Wildman–Crippen MR) is 79.5 cm³/mol. The quantitative estimate of drug-likeness (QED) is 0.843. The minimum Gasteiger partial charge on any atom is -0.337 e. The Morgan fingerprint density at radius 1 is 1.50 bits per heavy atom. The number of carbonyl (C=O) groups is 1. The molecule has 1 heterocycles. The average Bonchev–Trinajstić information content (AvgIpc) is 2.32. The van der Waals surface area contributed by atoms with E-state index in [1.54, 1.807) is 23.1 Å². The zero-order chi connectivity index (χ0) is 12.4. The summed E-state index contributed by atoms with van der Waals surface area (Å²) < 4.78 is 0.797. The largest absolute Gasteiger partial charge is 0.337 e. The number of likely N-dealkylation sites (tertiary alicyclic amines) is 1. The van der Waals surface area contributed by atoms with Gasteiger partial charge in [0.1, 0.15) is 0 Å². The van der Waals surface area contributed by atoms with Crippen LogP contribution in [-0.4, -0.2) is 29.9 Å². The monoisotopic (exact) mass is 352 g/mol. The van der Waals surface area contributed by atoms with E-state index >= 15 is 0 Å². The van der Waals surface area contributed by atoms with E-state index in [0.717, 1.165) is 23.9 Å². The molecule has 1 aliphatic rings. The van der Waals surface area contributed by atoms with E-state index in [-0.39, 0.29) is 24.4 Å². The van der Waals surface area contributed by atoms with Crippen molar-refractivity contribution in [1.29, 1.82) is 0 Å². The van der Waals surface area contributed by atoms with Gasteiger partial charge in [-0.3, -0.25) is 4.79 Å². The summed E-state index contributed by atoms with van der Waals surface area (Å²) in [4.78, 5) is 14.0. The molecule has 1 unspecified atom stereocenters. The lowest BCUT2D eigenvalue weighted by atomic mass is 10.1. The lowest BCUT2D eigenvalue weighted by Crippen LogP contribution is -2.45. The number of piperidine rings is 1. The third-order valence-electron chi connectivity index (χ3n) is 2.91. The molecule has 0 saturated carbocycles. The molecule has 1 fully saturated rings. The number of carbonyl (C=O) groups excluding carboxylic acids is 1. The van der Waals surface area contributed by atoms with Gasteiger partial charge >= 0.3 is 0 Å². The fraction of sp³-hybridized carbons (Fsp3) is 0.417. The highest BCUT2D eigenvalue weighted by Gasteiger charge is 2.22. The zero-order valence-electron chi connectivity index (χ0n) is 9.73. The summed E-state index contributed by atoms with van der Waals surface area (Å²) in [6.07, 6.45) is 1.96. The van der Waals surface area contributed by atoms with Crippen molar-refractivity contribution in [1.82, 2.24) is 4.90 Å². The van der Waals surface area contributed by atoms with Crippen molar-refractivity contribution in [3.8, 4) is 0 Å². The first-order valence-electron chi connectivity index (χ1n) is 5.58. The number of hydrogen-bond acceptors (Lipinski definition) is 2. The van der Waals surface area contributed by atoms with Crippen LogP contribution < -0.4 is 5.73 Å². The molecule has 0 bridgehead atoms. The van der Waals surface area contributed by atoms with Crippen LogP contribution in [-0.2, 0) is 0 Å². The predicted octanol–water partition coefficient (Wildman–Crippen LogP) is 3.09. The van der Waals surface area contributed by atoms with Gasteiger partial charge in [0.05, 0.1) is 5.02 Å². The molecule has 100 valence electrons. The van der Waals surface area contributed by atoms with Gasteiger partial charge in [-0.15, -0.1) is 12.4 Å². The summed E-state index contributed by atoms with van der Waals surface area (Å²) in [6.45, 7) is 1.41. The van der Waals surface area contributed by atoms with Crippen LogP contribution in [0.25, 0.3) is 0 Å². The molecule has 18 heavy (non-hydrogen) atoms. The van der Waals surface area contributed by atoms with Crippen LogP contribution in [0.2, 0.25) is 5.02 Å². The standard InChI is InChI=1S/C12H14BrClN2O.ClH/c13-10-4-3-8(6-11(10)14)12(17)16-5-1-2-9(15)7-16;/h3-4,6,9H,1-2,5,7,15H2;1H. The molecular weight excluding hydrogens is 339 g/mol. The lowest BCUT2D eigenvalue weighted by Gasteiger charge is -2.30. The van der Waals surface area contributed by atoms with Crippen LogP contribution in [0.1, 0.15) is 23.2 Å². The number of rotatable bonds is 1. The number of amides is 1. The molecule has 0 aliphatic carbocycles. The van der Waals surface area contributed by atoms with Crippen molar-refractivity contribution in [2.24, 2.45) is 5.73 Å². The summed E-state index contributed by atoms with van der Waals surface area (Å²) in [5, 5.41) is 0.553. The van der Waals surface area contributed by atoms with Gasteiger partial charge in [-0.05, 0) is 47.0 Å². The highest BCUT2D eigenvalue weighted by atomic mass is 79.9. The van der Waals surface area contributed by atoms with Crippen molar-refractivity contribution >= 4 is 45.8 Å². The topological polar surface area (TPSA) is 46.3 Å². The average molecular weight is 354 g/mol. The van der Waals surface area contributed by atoms with Crippen LogP contribution in [0.4, 0.5) is 0 Å². The number of hydrogen-bond donors (Lipinski definition) is 1. The van der Waals surface area contributed by atoms with Crippen LogP contribution in [0.5, 0.6) is 0 Å². The molecule has 1 atom stereocenters. The molecule has 0 spiro atoms. The van der Waals surface area contributed by atoms with Crippen molar-refractivity contribution in [2.45, 2.75) is 18.9 Å². The molecule has 6 heteroatoms. The Hall–Kier alpha value is -0.290. The van der Waals surface area contributed by atoms with Crippen LogP contribution in [0, 0.1) is 0 Å². The molecule has 1 aromatic carbocycles. The smallest absolute Gasteiger partial charge is 0.253 e. The number of nitrogens with zero attached hydrogens (tertiary/aromatic N) is 1. The number of benzene rings is 1. The third kappa shape index (κ3) is 3.60. The molecule has 3 nitrogen and oxygen atoms in total. The van der Waals surface area contributed by atoms with Gasteiger partial charge in [-0.1, -0.05) is 11.6 Å². The molecule has 1 aromatic rings. The normalized spacial score (nSPS) is 19.3. The second-order valence-electron chi connectivity index (χ2n) is 4.28. The van der Waals surface area contributed by atoms with E-state index in [2.05, 4.69) is 15.9 Å². The second kappa shape index (κ2) is 6.75. The lowest BCUT2D eigenvalue weighted by molar-refractivity contribution is 0.0709. The van der Waals surface area contributed by atoms with Gasteiger partial charge < -0.3 is 10.6 Å². The zero-order valence-corrected chi connectivity index (χ0v) is 12.9. The van der Waals surface area contributed by atoms with E-state index in [9.17, 15) is 4.79 Å². The fourth-order valence-electron chi connectivity index (χ4n) is 2.01. The van der Waals surface area contributed by atoms with Gasteiger partial charge in [-0.25, -0.2) is 0 Å². The Labute approximate surface area is 126 Å². The van der Waals surface area contributed by atoms with Crippen molar-refractivity contribution in [3.63, 3.8) is 0 Å². The van der Waals surface area contributed by atoms with Crippen LogP contribution in [0.3, 0.4) is 0 Å². The first kappa shape index (κ1) is 15.8. The fourth-order valence-corrected chi connectivity index (χ4v) is 2.43. The van der Waals surface area contributed by atoms with E-state index in [0.29, 0.717) is 17.1 Å². The maximum absolute atomic E-state index is 12.2. The molecule has 0 radical (unpaired) electrons. The molecule has 1 saturated heterocycles. The van der Waals surface area contributed by atoms with Crippen molar-refractivity contribution in [2.75, 3.05) is 13.1 Å². The molecule has 1 aliphatic heterocycles. The SMILES string of the molecule is Cl.NC1CCCN(C(=O)c2ccc(Br)c(Cl)c2)C1. The summed E-state index contributed by atoms with van der Waals surface area (Å²) in [5.41, 5.74) is 6.49. The second-order valence-corrected chi connectivity index (χ2v) is 5.54. The molecule has 1 amide bonds. The van der Waals surface area contributed by atoms with Gasteiger partial charge in [0, 0.05) is 29.2 Å². The van der Waals surface area contributed by atoms with Crippen LogP contribution in [0.15, 0.2) is 22.7 Å². The Morgan fingerprint density at radius 3 is 2.83 bits per heavy atom. The van der Waals surface area contributed by atoms with Crippen LogP contribution >= 0.6 is 39.9 Å². The van der Waals surface area contributed by atoms with Crippen molar-refractivity contribution < 1.29 is 4.79 Å². The highest BCUT2D eigenvalue weighted by molar-refractivity contribution is 9.10. The van der Waals surface area contributed by atoms with E-state index in [1.807, 2.05) is 0 Å². The Bertz CT molecular complexity index is 442. The molecule has 0 aromatic heterocycles. The minimum absolute atomic E-state index is 0. The molecular formula is C12H15BrCl2N2O. The molecule has 2 rings (SSSR count).